The van der Waals surface area contributed by atoms with Crippen molar-refractivity contribution >= 4 is 8.96 Å². The van der Waals surface area contributed by atoms with Crippen molar-refractivity contribution in [3.63, 3.8) is 0 Å². The minimum Gasteiger partial charge on any atom is -0.342 e. The van der Waals surface area contributed by atoms with Crippen LogP contribution in [0, 0.1) is 0 Å². The van der Waals surface area contributed by atoms with Crippen LogP contribution >= 0.6 is 0 Å². The highest BCUT2D eigenvalue weighted by atomic mass is 28.3. The van der Waals surface area contributed by atoms with Gasteiger partial charge in [0.1, 0.15) is 8.96 Å². The first-order valence-corrected chi connectivity index (χ1v) is 6.10. The van der Waals surface area contributed by atoms with Crippen LogP contribution in [0.15, 0.2) is 0 Å². The third-order valence-electron chi connectivity index (χ3n) is 2.02. The lowest BCUT2D eigenvalue weighted by atomic mass is 10.2. The van der Waals surface area contributed by atoms with E-state index in [1.54, 1.807) is 0 Å². The monoisotopic (exact) mass is 173 g/mol. The highest BCUT2D eigenvalue weighted by Crippen LogP contribution is 2.39. The van der Waals surface area contributed by atoms with Gasteiger partial charge < -0.3 is 4.98 Å². The summed E-state index contributed by atoms with van der Waals surface area (Å²) in [6.45, 7) is 14.0. The maximum absolute atomic E-state index is 3.52. The van der Waals surface area contributed by atoms with E-state index >= 15 is 0 Å². The third kappa shape index (κ3) is 3.39. The van der Waals surface area contributed by atoms with Gasteiger partial charge in [-0.1, -0.05) is 41.5 Å². The summed E-state index contributed by atoms with van der Waals surface area (Å²) in [6, 6.07) is 0. The van der Waals surface area contributed by atoms with Crippen molar-refractivity contribution in [1.29, 1.82) is 0 Å². The van der Waals surface area contributed by atoms with Gasteiger partial charge >= 0.3 is 0 Å². The lowest BCUT2D eigenvalue weighted by Gasteiger charge is -2.38. The predicted octanol–water partition coefficient (Wildman–Crippen LogP) is 2.53. The smallest absolute Gasteiger partial charge is 0.119 e. The molecule has 0 heterocycles. The van der Waals surface area contributed by atoms with Crippen molar-refractivity contribution in [2.75, 3.05) is 7.05 Å². The van der Waals surface area contributed by atoms with Crippen LogP contribution in [0.4, 0.5) is 0 Å². The molecular formula is C9H23NSi. The molecule has 0 unspecified atom stereocenters. The number of hydrogen-bond donors (Lipinski definition) is 1. The minimum absolute atomic E-state index is 0.479. The van der Waals surface area contributed by atoms with Gasteiger partial charge in [0.25, 0.3) is 0 Å². The van der Waals surface area contributed by atoms with Crippen molar-refractivity contribution in [2.24, 2.45) is 0 Å². The van der Waals surface area contributed by atoms with Crippen LogP contribution < -0.4 is 4.98 Å². The Morgan fingerprint density at radius 2 is 1.09 bits per heavy atom. The summed E-state index contributed by atoms with van der Waals surface area (Å²) in [4.78, 5) is 3.52. The molecule has 0 aliphatic carbocycles. The Balaban J connectivity index is 4.43. The fraction of sp³-hybridized carbons (Fsp3) is 1.00. The summed E-state index contributed by atoms with van der Waals surface area (Å²) in [7, 11) is 1.27. The summed E-state index contributed by atoms with van der Waals surface area (Å²) in [6.07, 6.45) is 0. The fourth-order valence-corrected chi connectivity index (χ4v) is 6.50. The average Bonchev–Trinajstić information content (AvgIpc) is 1.56. The first-order valence-electron chi connectivity index (χ1n) is 4.37. The fourth-order valence-electron chi connectivity index (χ4n) is 2.17. The Hall–Kier alpha value is 0.177. The second kappa shape index (κ2) is 3.28. The highest BCUT2D eigenvalue weighted by molar-refractivity contribution is 6.62. The molecule has 11 heavy (non-hydrogen) atoms. The van der Waals surface area contributed by atoms with Crippen molar-refractivity contribution in [2.45, 2.75) is 51.6 Å². The molecule has 0 aromatic heterocycles. The van der Waals surface area contributed by atoms with Crippen LogP contribution in [0.25, 0.3) is 0 Å². The second-order valence-electron chi connectivity index (χ2n) is 5.45. The van der Waals surface area contributed by atoms with Gasteiger partial charge in [0.05, 0.1) is 0 Å². The molecule has 0 radical (unpaired) electrons. The van der Waals surface area contributed by atoms with Crippen LogP contribution in [-0.4, -0.2) is 16.0 Å². The molecule has 0 saturated carbocycles. The van der Waals surface area contributed by atoms with Gasteiger partial charge in [0, 0.05) is 0 Å². The molecule has 0 spiro atoms. The molecule has 68 valence electrons. The number of nitrogens with one attached hydrogen (secondary N) is 1. The van der Waals surface area contributed by atoms with Gasteiger partial charge in [-0.25, -0.2) is 0 Å². The van der Waals surface area contributed by atoms with E-state index in [1.807, 2.05) is 0 Å². The third-order valence-corrected chi connectivity index (χ3v) is 6.06. The zero-order chi connectivity index (χ0) is 9.28. The molecule has 0 aliphatic rings. The van der Waals surface area contributed by atoms with E-state index in [9.17, 15) is 0 Å². The van der Waals surface area contributed by atoms with Crippen LogP contribution in [0.3, 0.4) is 0 Å². The molecule has 0 bridgehead atoms. The van der Waals surface area contributed by atoms with Crippen LogP contribution in [0.5, 0.6) is 0 Å². The molecule has 1 nitrogen and oxygen atoms in total. The van der Waals surface area contributed by atoms with E-state index in [0.717, 1.165) is 0 Å². The van der Waals surface area contributed by atoms with Gasteiger partial charge in [-0.2, -0.15) is 0 Å². The molecule has 0 aliphatic heterocycles. The van der Waals surface area contributed by atoms with Crippen LogP contribution in [0.2, 0.25) is 10.1 Å². The largest absolute Gasteiger partial charge is 0.342 e. The lowest BCUT2D eigenvalue weighted by Crippen LogP contribution is -2.46. The number of rotatable bonds is 1. The number of hydrogen-bond acceptors (Lipinski definition) is 1. The Morgan fingerprint density at radius 1 is 0.818 bits per heavy atom. The van der Waals surface area contributed by atoms with Crippen molar-refractivity contribution < 1.29 is 0 Å². The van der Waals surface area contributed by atoms with E-state index in [-0.39, 0.29) is 0 Å². The van der Waals surface area contributed by atoms with Crippen molar-refractivity contribution in [3.8, 4) is 0 Å². The Morgan fingerprint density at radius 3 is 1.09 bits per heavy atom. The highest BCUT2D eigenvalue weighted by Gasteiger charge is 2.35. The summed E-state index contributed by atoms with van der Waals surface area (Å²) >= 11 is 0. The normalized spacial score (nSPS) is 14.2. The van der Waals surface area contributed by atoms with Gasteiger partial charge in [-0.3, -0.25) is 0 Å². The van der Waals surface area contributed by atoms with Gasteiger partial charge in [-0.15, -0.1) is 0 Å². The molecule has 0 fully saturated rings. The lowest BCUT2D eigenvalue weighted by molar-refractivity contribution is 0.624. The Kier molecular flexibility index (Phi) is 3.33. The SMILES string of the molecule is CN[SiH](C(C)(C)C)C(C)(C)C. The molecule has 0 atom stereocenters. The van der Waals surface area contributed by atoms with Crippen LogP contribution in [-0.2, 0) is 0 Å². The molecule has 2 heteroatoms. The molecule has 0 saturated heterocycles. The molecular weight excluding hydrogens is 150 g/mol. The topological polar surface area (TPSA) is 12.0 Å². The first kappa shape index (κ1) is 11.2. The zero-order valence-corrected chi connectivity index (χ0v) is 10.2. The molecule has 0 rings (SSSR count). The quantitative estimate of drug-likeness (QED) is 0.601. The van der Waals surface area contributed by atoms with E-state index in [0.29, 0.717) is 10.1 Å². The van der Waals surface area contributed by atoms with Gasteiger partial charge in [-0.05, 0) is 17.1 Å². The molecule has 0 amide bonds. The Bertz CT molecular complexity index is 105. The van der Waals surface area contributed by atoms with E-state index in [4.69, 9.17) is 0 Å². The summed E-state index contributed by atoms with van der Waals surface area (Å²) in [5.74, 6) is 0. The van der Waals surface area contributed by atoms with Crippen molar-refractivity contribution in [3.05, 3.63) is 0 Å². The van der Waals surface area contributed by atoms with E-state index in [2.05, 4.69) is 53.6 Å². The first-order chi connectivity index (χ1) is 4.69. The minimum atomic E-state index is -0.840. The van der Waals surface area contributed by atoms with E-state index < -0.39 is 8.96 Å². The summed E-state index contributed by atoms with van der Waals surface area (Å²) in [5, 5.41) is 0.958. The zero-order valence-electron chi connectivity index (χ0n) is 9.08. The maximum atomic E-state index is 3.52. The van der Waals surface area contributed by atoms with Gasteiger partial charge in [0.2, 0.25) is 0 Å². The maximum Gasteiger partial charge on any atom is 0.119 e. The molecule has 0 aromatic carbocycles. The molecule has 0 aromatic rings. The Labute approximate surface area is 73.3 Å². The molecule has 1 N–H and O–H groups in total. The second-order valence-corrected chi connectivity index (χ2v) is 10.4. The summed E-state index contributed by atoms with van der Waals surface area (Å²) < 4.78 is 0. The van der Waals surface area contributed by atoms with Gasteiger partial charge in [0.15, 0.2) is 0 Å². The van der Waals surface area contributed by atoms with E-state index in [1.165, 1.54) is 0 Å². The predicted molar refractivity (Wildman–Crippen MR) is 55.6 cm³/mol. The standard InChI is InChI=1S/C9H23NSi/c1-8(2,3)11(10-7)9(4,5)6/h10-11H,1-7H3. The van der Waals surface area contributed by atoms with Crippen LogP contribution in [0.1, 0.15) is 41.5 Å². The summed E-state index contributed by atoms with van der Waals surface area (Å²) in [5.41, 5.74) is 0. The average molecular weight is 173 g/mol. The van der Waals surface area contributed by atoms with Crippen molar-refractivity contribution in [1.82, 2.24) is 4.98 Å².